The highest BCUT2D eigenvalue weighted by molar-refractivity contribution is 7.92. The van der Waals surface area contributed by atoms with Crippen LogP contribution in [0.2, 0.25) is 0 Å². The summed E-state index contributed by atoms with van der Waals surface area (Å²) in [6.07, 6.45) is 1.37. The highest BCUT2D eigenvalue weighted by atomic mass is 32.2. The molecule has 4 aromatic carbocycles. The van der Waals surface area contributed by atoms with Gasteiger partial charge in [0, 0.05) is 5.69 Å². The van der Waals surface area contributed by atoms with Gasteiger partial charge in [0.2, 0.25) is 0 Å². The predicted molar refractivity (Wildman–Crippen MR) is 155 cm³/mol. The molecule has 0 aromatic heterocycles. The van der Waals surface area contributed by atoms with Crippen molar-refractivity contribution in [3.8, 4) is 5.75 Å². The van der Waals surface area contributed by atoms with Crippen molar-refractivity contribution in [3.05, 3.63) is 120 Å². The summed E-state index contributed by atoms with van der Waals surface area (Å²) in [6, 6.07) is 26.5. The molecule has 0 saturated heterocycles. The van der Waals surface area contributed by atoms with Gasteiger partial charge in [-0.2, -0.15) is 5.10 Å². The van der Waals surface area contributed by atoms with Crippen LogP contribution in [0, 0.1) is 12.7 Å². The average Bonchev–Trinajstić information content (AvgIpc) is 2.98. The zero-order valence-electron chi connectivity index (χ0n) is 22.0. The van der Waals surface area contributed by atoms with Gasteiger partial charge in [-0.05, 0) is 85.3 Å². The third-order valence-electron chi connectivity index (χ3n) is 5.72. The number of aryl methyl sites for hydroxylation is 1. The van der Waals surface area contributed by atoms with Crippen LogP contribution < -0.4 is 19.8 Å². The summed E-state index contributed by atoms with van der Waals surface area (Å²) in [5, 5.41) is 6.65. The Morgan fingerprint density at radius 1 is 0.878 bits per heavy atom. The van der Waals surface area contributed by atoms with Crippen molar-refractivity contribution >= 4 is 39.4 Å². The molecule has 2 N–H and O–H groups in total. The molecule has 0 aliphatic carbocycles. The molecule has 0 saturated carbocycles. The molecule has 0 radical (unpaired) electrons. The normalized spacial score (nSPS) is 11.2. The van der Waals surface area contributed by atoms with Gasteiger partial charge in [0.05, 0.1) is 16.8 Å². The van der Waals surface area contributed by atoms with Gasteiger partial charge in [-0.1, -0.05) is 35.9 Å². The van der Waals surface area contributed by atoms with E-state index in [9.17, 15) is 22.4 Å². The van der Waals surface area contributed by atoms with Crippen molar-refractivity contribution in [2.24, 2.45) is 5.10 Å². The Morgan fingerprint density at radius 3 is 2.20 bits per heavy atom. The Morgan fingerprint density at radius 2 is 1.54 bits per heavy atom. The van der Waals surface area contributed by atoms with E-state index in [1.54, 1.807) is 42.5 Å². The maximum absolute atomic E-state index is 13.5. The Bertz CT molecular complexity index is 1610. The molecule has 0 atom stereocenters. The number of hydrogen-bond acceptors (Lipinski definition) is 6. The fraction of sp³-hybridized carbons (Fsp3) is 0.100. The van der Waals surface area contributed by atoms with Crippen LogP contribution >= 0.6 is 0 Å². The van der Waals surface area contributed by atoms with Crippen molar-refractivity contribution in [1.29, 1.82) is 0 Å². The first-order valence-corrected chi connectivity index (χ1v) is 13.9. The zero-order valence-corrected chi connectivity index (χ0v) is 22.8. The van der Waals surface area contributed by atoms with Gasteiger partial charge >= 0.3 is 0 Å². The highest BCUT2D eigenvalue weighted by Crippen LogP contribution is 2.23. The summed E-state index contributed by atoms with van der Waals surface area (Å²) < 4.78 is 46.4. The third-order valence-corrected chi connectivity index (χ3v) is 7.51. The van der Waals surface area contributed by atoms with Gasteiger partial charge in [-0.3, -0.25) is 13.9 Å². The minimum atomic E-state index is -4.12. The van der Waals surface area contributed by atoms with Crippen LogP contribution in [-0.4, -0.2) is 39.6 Å². The van der Waals surface area contributed by atoms with Gasteiger partial charge < -0.3 is 10.1 Å². The molecule has 4 rings (SSSR count). The first-order valence-electron chi connectivity index (χ1n) is 12.5. The van der Waals surface area contributed by atoms with Gasteiger partial charge in [-0.15, -0.1) is 0 Å². The van der Waals surface area contributed by atoms with E-state index in [1.807, 2.05) is 31.2 Å². The zero-order chi connectivity index (χ0) is 29.2. The molecule has 0 aliphatic heterocycles. The first-order chi connectivity index (χ1) is 19.7. The molecule has 0 aliphatic rings. The van der Waals surface area contributed by atoms with Gasteiger partial charge in [0.15, 0.2) is 6.61 Å². The van der Waals surface area contributed by atoms with Crippen LogP contribution in [0.3, 0.4) is 0 Å². The van der Waals surface area contributed by atoms with E-state index in [-0.39, 0.29) is 23.1 Å². The highest BCUT2D eigenvalue weighted by Gasteiger charge is 2.27. The predicted octanol–water partition coefficient (Wildman–Crippen LogP) is 4.50. The van der Waals surface area contributed by atoms with E-state index in [1.165, 1.54) is 30.5 Å². The minimum Gasteiger partial charge on any atom is -0.484 e. The topological polar surface area (TPSA) is 117 Å². The third kappa shape index (κ3) is 8.23. The van der Waals surface area contributed by atoms with Gasteiger partial charge in [0.25, 0.3) is 21.8 Å². The van der Waals surface area contributed by atoms with Crippen molar-refractivity contribution < 1.29 is 27.1 Å². The fourth-order valence-corrected chi connectivity index (χ4v) is 5.06. The summed E-state index contributed by atoms with van der Waals surface area (Å²) in [4.78, 5) is 24.7. The second-order valence-corrected chi connectivity index (χ2v) is 10.7. The Labute approximate surface area is 237 Å². The maximum Gasteiger partial charge on any atom is 0.264 e. The molecule has 0 unspecified atom stereocenters. The molecule has 41 heavy (non-hydrogen) atoms. The van der Waals surface area contributed by atoms with Crippen molar-refractivity contribution in [2.45, 2.75) is 11.8 Å². The van der Waals surface area contributed by atoms with Crippen molar-refractivity contribution in [3.63, 3.8) is 0 Å². The summed E-state index contributed by atoms with van der Waals surface area (Å²) in [7, 11) is -4.12. The lowest BCUT2D eigenvalue weighted by Gasteiger charge is -2.23. The monoisotopic (exact) mass is 574 g/mol. The van der Waals surface area contributed by atoms with Crippen LogP contribution in [-0.2, 0) is 19.6 Å². The van der Waals surface area contributed by atoms with E-state index in [0.717, 1.165) is 22.0 Å². The van der Waals surface area contributed by atoms with Crippen LogP contribution in [0.15, 0.2) is 113 Å². The molecule has 0 spiro atoms. The number of sulfonamides is 1. The molecule has 2 amide bonds. The van der Waals surface area contributed by atoms with Crippen LogP contribution in [0.1, 0.15) is 11.1 Å². The lowest BCUT2D eigenvalue weighted by molar-refractivity contribution is -0.119. The maximum atomic E-state index is 13.5. The largest absolute Gasteiger partial charge is 0.484 e. The quantitative estimate of drug-likeness (QED) is 0.202. The van der Waals surface area contributed by atoms with Crippen LogP contribution in [0.5, 0.6) is 5.75 Å². The molecule has 11 heteroatoms. The number of amides is 2. The SMILES string of the molecule is Cc1ccc(NC(=O)COc2ccc(/C=N\NC(=O)CN(c3ccc(F)cc3)S(=O)(=O)c3ccccc3)cc2)cc1. The molecule has 210 valence electrons. The second kappa shape index (κ2) is 13.4. The number of hydrazone groups is 1. The van der Waals surface area contributed by atoms with Gasteiger partial charge in [0.1, 0.15) is 18.1 Å². The van der Waals surface area contributed by atoms with E-state index >= 15 is 0 Å². The number of halogens is 1. The van der Waals surface area contributed by atoms with E-state index in [4.69, 9.17) is 4.74 Å². The first kappa shape index (κ1) is 29.0. The van der Waals surface area contributed by atoms with E-state index < -0.39 is 28.3 Å². The minimum absolute atomic E-state index is 0.0180. The number of carbonyl (C=O) groups excluding carboxylic acids is 2. The number of nitrogens with one attached hydrogen (secondary N) is 2. The molecular weight excluding hydrogens is 547 g/mol. The number of nitrogens with zero attached hydrogens (tertiary/aromatic N) is 2. The Balaban J connectivity index is 1.33. The Hall–Kier alpha value is -5.03. The molecular formula is C30H27FN4O5S. The lowest BCUT2D eigenvalue weighted by atomic mass is 10.2. The molecule has 9 nitrogen and oxygen atoms in total. The smallest absolute Gasteiger partial charge is 0.264 e. The molecule has 0 heterocycles. The van der Waals surface area contributed by atoms with E-state index in [0.29, 0.717) is 17.0 Å². The number of carbonyl (C=O) groups is 2. The summed E-state index contributed by atoms with van der Waals surface area (Å²) in [5.41, 5.74) is 4.82. The summed E-state index contributed by atoms with van der Waals surface area (Å²) >= 11 is 0. The molecule has 0 fully saturated rings. The standard InChI is InChI=1S/C30H27FN4O5S/c1-22-7-13-25(14-8-22)33-30(37)21-40-27-17-9-23(10-18-27)19-32-34-29(36)20-35(26-15-11-24(31)12-16-26)41(38,39)28-5-3-2-4-6-28/h2-19H,20-21H2,1H3,(H,33,37)(H,34,36)/b32-19-. The second-order valence-electron chi connectivity index (χ2n) is 8.87. The van der Waals surface area contributed by atoms with Crippen LogP contribution in [0.25, 0.3) is 0 Å². The average molecular weight is 575 g/mol. The molecule has 0 bridgehead atoms. The number of rotatable bonds is 11. The van der Waals surface area contributed by atoms with Crippen molar-refractivity contribution in [1.82, 2.24) is 5.43 Å². The summed E-state index contributed by atoms with van der Waals surface area (Å²) in [6.45, 7) is 1.20. The van der Waals surface area contributed by atoms with Crippen molar-refractivity contribution in [2.75, 3.05) is 22.8 Å². The van der Waals surface area contributed by atoms with E-state index in [2.05, 4.69) is 15.8 Å². The number of ether oxygens (including phenoxy) is 1. The lowest BCUT2D eigenvalue weighted by Crippen LogP contribution is -2.39. The Kier molecular flexibility index (Phi) is 9.43. The number of benzene rings is 4. The molecule has 4 aromatic rings. The van der Waals surface area contributed by atoms with Crippen LogP contribution in [0.4, 0.5) is 15.8 Å². The fourth-order valence-electron chi connectivity index (χ4n) is 3.62. The van der Waals surface area contributed by atoms with Gasteiger partial charge in [-0.25, -0.2) is 18.2 Å². The summed E-state index contributed by atoms with van der Waals surface area (Å²) in [5.74, 6) is -1.08. The number of anilines is 2. The number of hydrogen-bond donors (Lipinski definition) is 2.